The van der Waals surface area contributed by atoms with Crippen molar-refractivity contribution in [2.75, 3.05) is 11.9 Å². The van der Waals surface area contributed by atoms with E-state index in [-0.39, 0.29) is 11.7 Å². The molecule has 1 aromatic heterocycles. The van der Waals surface area contributed by atoms with Crippen LogP contribution in [0.5, 0.6) is 0 Å². The number of amides is 1. The first-order valence-electron chi connectivity index (χ1n) is 8.83. The number of nitrogens with one attached hydrogen (secondary N) is 2. The monoisotopic (exact) mass is 363 g/mol. The fraction of sp³-hybridized carbons (Fsp3) is 0.182. The molecule has 2 N–H and O–H groups in total. The summed E-state index contributed by atoms with van der Waals surface area (Å²) in [6, 6.07) is 14.5. The molecule has 0 radical (unpaired) electrons. The molecule has 5 heteroatoms. The molecule has 3 rings (SSSR count). The normalized spacial score (nSPS) is 10.5. The minimum Gasteiger partial charge on any atom is -0.354 e. The molecule has 0 spiro atoms. The van der Waals surface area contributed by atoms with Gasteiger partial charge in [-0.05, 0) is 61.2 Å². The molecule has 3 aromatic rings. The lowest BCUT2D eigenvalue weighted by Gasteiger charge is -2.10. The van der Waals surface area contributed by atoms with Gasteiger partial charge in [-0.1, -0.05) is 24.3 Å². The number of hydrogen-bond acceptors (Lipinski definition) is 3. The molecular formula is C22H22FN3O. The van der Waals surface area contributed by atoms with Crippen molar-refractivity contribution < 1.29 is 9.18 Å². The third-order valence-electron chi connectivity index (χ3n) is 4.15. The highest BCUT2D eigenvalue weighted by Crippen LogP contribution is 2.19. The van der Waals surface area contributed by atoms with Crippen molar-refractivity contribution in [1.29, 1.82) is 0 Å². The summed E-state index contributed by atoms with van der Waals surface area (Å²) in [5, 5.41) is 6.09. The number of halogens is 1. The molecule has 0 saturated heterocycles. The highest BCUT2D eigenvalue weighted by atomic mass is 19.1. The maximum Gasteiger partial charge on any atom is 0.252 e. The average molecular weight is 363 g/mol. The van der Waals surface area contributed by atoms with Crippen LogP contribution >= 0.6 is 0 Å². The summed E-state index contributed by atoms with van der Waals surface area (Å²) in [6.45, 7) is 4.43. The molecule has 0 aliphatic rings. The first-order valence-corrected chi connectivity index (χ1v) is 8.83. The van der Waals surface area contributed by atoms with E-state index >= 15 is 0 Å². The van der Waals surface area contributed by atoms with Gasteiger partial charge < -0.3 is 10.6 Å². The number of aryl methyl sites for hydroxylation is 2. The molecule has 0 atom stereocenters. The van der Waals surface area contributed by atoms with E-state index in [2.05, 4.69) is 21.7 Å². The Morgan fingerprint density at radius 1 is 1.00 bits per heavy atom. The van der Waals surface area contributed by atoms with E-state index in [1.54, 1.807) is 30.5 Å². The molecule has 0 aliphatic carbocycles. The third-order valence-corrected chi connectivity index (χ3v) is 4.15. The van der Waals surface area contributed by atoms with Crippen molar-refractivity contribution in [3.8, 4) is 0 Å². The number of carbonyl (C=O) groups excluding carboxylic acids is 1. The van der Waals surface area contributed by atoms with Crippen LogP contribution in [0.1, 0.15) is 27.0 Å². The molecule has 0 bridgehead atoms. The zero-order chi connectivity index (χ0) is 19.2. The Morgan fingerprint density at radius 3 is 2.48 bits per heavy atom. The molecule has 27 heavy (non-hydrogen) atoms. The summed E-state index contributed by atoms with van der Waals surface area (Å²) in [5.74, 6) is -0.490. The van der Waals surface area contributed by atoms with E-state index in [0.29, 0.717) is 24.1 Å². The lowest BCUT2D eigenvalue weighted by atomic mass is 10.1. The fourth-order valence-corrected chi connectivity index (χ4v) is 2.96. The van der Waals surface area contributed by atoms with Gasteiger partial charge in [-0.3, -0.25) is 9.78 Å². The van der Waals surface area contributed by atoms with E-state index in [0.717, 1.165) is 22.5 Å². The van der Waals surface area contributed by atoms with Gasteiger partial charge >= 0.3 is 0 Å². The highest BCUT2D eigenvalue weighted by molar-refractivity contribution is 5.94. The SMILES string of the molecule is Cc1cc(C)cc(Nc2cncc(C(=O)NCCc3ccccc3F)c2)c1. The van der Waals surface area contributed by atoms with Gasteiger partial charge in [0.15, 0.2) is 0 Å². The minimum absolute atomic E-state index is 0.233. The predicted octanol–water partition coefficient (Wildman–Crippen LogP) is 4.55. The van der Waals surface area contributed by atoms with Gasteiger partial charge in [-0.25, -0.2) is 4.39 Å². The Morgan fingerprint density at radius 2 is 1.74 bits per heavy atom. The summed E-state index contributed by atoms with van der Waals surface area (Å²) in [7, 11) is 0. The molecule has 2 aromatic carbocycles. The van der Waals surface area contributed by atoms with Crippen LogP contribution in [0, 0.1) is 19.7 Å². The first-order chi connectivity index (χ1) is 13.0. The highest BCUT2D eigenvalue weighted by Gasteiger charge is 2.08. The van der Waals surface area contributed by atoms with Crippen molar-refractivity contribution >= 4 is 17.3 Å². The summed E-state index contributed by atoms with van der Waals surface area (Å²) >= 11 is 0. The maximum absolute atomic E-state index is 13.6. The quantitative estimate of drug-likeness (QED) is 0.675. The van der Waals surface area contributed by atoms with Crippen LogP contribution < -0.4 is 10.6 Å². The molecule has 1 heterocycles. The second kappa shape index (κ2) is 8.45. The van der Waals surface area contributed by atoms with Gasteiger partial charge in [0.1, 0.15) is 5.82 Å². The van der Waals surface area contributed by atoms with E-state index in [4.69, 9.17) is 0 Å². The molecule has 0 fully saturated rings. The summed E-state index contributed by atoms with van der Waals surface area (Å²) < 4.78 is 13.6. The number of hydrogen-bond donors (Lipinski definition) is 2. The lowest BCUT2D eigenvalue weighted by Crippen LogP contribution is -2.26. The Kier molecular flexibility index (Phi) is 5.81. The van der Waals surface area contributed by atoms with Crippen molar-refractivity contribution in [3.05, 3.63) is 89.0 Å². The van der Waals surface area contributed by atoms with E-state index in [1.165, 1.54) is 12.3 Å². The Balaban J connectivity index is 1.62. The Hall–Kier alpha value is -3.21. The van der Waals surface area contributed by atoms with Crippen LogP contribution in [-0.2, 0) is 6.42 Å². The van der Waals surface area contributed by atoms with Gasteiger partial charge in [0.05, 0.1) is 17.4 Å². The Bertz CT molecular complexity index is 936. The lowest BCUT2D eigenvalue weighted by molar-refractivity contribution is 0.0953. The van der Waals surface area contributed by atoms with Gasteiger partial charge in [0.2, 0.25) is 0 Å². The number of benzene rings is 2. The van der Waals surface area contributed by atoms with Gasteiger partial charge in [-0.2, -0.15) is 0 Å². The zero-order valence-electron chi connectivity index (χ0n) is 15.4. The summed E-state index contributed by atoms with van der Waals surface area (Å²) in [6.07, 6.45) is 3.63. The topological polar surface area (TPSA) is 54.0 Å². The smallest absolute Gasteiger partial charge is 0.252 e. The molecule has 4 nitrogen and oxygen atoms in total. The van der Waals surface area contributed by atoms with Crippen molar-refractivity contribution in [3.63, 3.8) is 0 Å². The van der Waals surface area contributed by atoms with E-state index in [9.17, 15) is 9.18 Å². The minimum atomic E-state index is -0.256. The predicted molar refractivity (Wildman–Crippen MR) is 106 cm³/mol. The van der Waals surface area contributed by atoms with Gasteiger partial charge in [-0.15, -0.1) is 0 Å². The number of carbonyl (C=O) groups is 1. The molecule has 0 aliphatic heterocycles. The van der Waals surface area contributed by atoms with Crippen LogP contribution in [0.25, 0.3) is 0 Å². The molecular weight excluding hydrogens is 341 g/mol. The fourth-order valence-electron chi connectivity index (χ4n) is 2.96. The molecule has 0 unspecified atom stereocenters. The number of nitrogens with zero attached hydrogens (tertiary/aromatic N) is 1. The summed E-state index contributed by atoms with van der Waals surface area (Å²) in [5.41, 5.74) is 5.05. The van der Waals surface area contributed by atoms with Gasteiger partial charge in [0, 0.05) is 18.4 Å². The first kappa shape index (κ1) is 18.6. The Labute approximate surface area is 158 Å². The molecule has 138 valence electrons. The maximum atomic E-state index is 13.6. The number of aromatic nitrogens is 1. The van der Waals surface area contributed by atoms with Crippen LogP contribution in [-0.4, -0.2) is 17.4 Å². The van der Waals surface area contributed by atoms with Crippen molar-refractivity contribution in [2.24, 2.45) is 0 Å². The average Bonchev–Trinajstić information content (AvgIpc) is 2.62. The second-order valence-electron chi connectivity index (χ2n) is 6.56. The van der Waals surface area contributed by atoms with Crippen LogP contribution in [0.3, 0.4) is 0 Å². The van der Waals surface area contributed by atoms with Crippen LogP contribution in [0.2, 0.25) is 0 Å². The molecule has 1 amide bonds. The number of anilines is 2. The van der Waals surface area contributed by atoms with Crippen molar-refractivity contribution in [2.45, 2.75) is 20.3 Å². The van der Waals surface area contributed by atoms with E-state index in [1.807, 2.05) is 26.0 Å². The van der Waals surface area contributed by atoms with Crippen LogP contribution in [0.4, 0.5) is 15.8 Å². The van der Waals surface area contributed by atoms with Gasteiger partial charge in [0.25, 0.3) is 5.91 Å². The summed E-state index contributed by atoms with van der Waals surface area (Å²) in [4.78, 5) is 16.5. The van der Waals surface area contributed by atoms with E-state index < -0.39 is 0 Å². The standard InChI is InChI=1S/C22H22FN3O/c1-15-9-16(2)11-19(10-15)26-20-12-18(13-24-14-20)22(27)25-8-7-17-5-3-4-6-21(17)23/h3-6,9-14,26H,7-8H2,1-2H3,(H,25,27). The second-order valence-corrected chi connectivity index (χ2v) is 6.56. The largest absolute Gasteiger partial charge is 0.354 e. The zero-order valence-corrected chi connectivity index (χ0v) is 15.4. The molecule has 0 saturated carbocycles. The number of rotatable bonds is 6. The number of pyridine rings is 1. The van der Waals surface area contributed by atoms with Crippen LogP contribution in [0.15, 0.2) is 60.9 Å². The van der Waals surface area contributed by atoms with Crippen molar-refractivity contribution in [1.82, 2.24) is 10.3 Å². The third kappa shape index (κ3) is 5.14.